The molecule has 0 fully saturated rings. The van der Waals surface area contributed by atoms with Crippen LogP contribution in [0.25, 0.3) is 5.69 Å². The van der Waals surface area contributed by atoms with Crippen molar-refractivity contribution in [1.82, 2.24) is 25.5 Å². The van der Waals surface area contributed by atoms with Crippen LogP contribution in [0.5, 0.6) is 0 Å². The van der Waals surface area contributed by atoms with Gasteiger partial charge in [-0.1, -0.05) is 23.2 Å². The summed E-state index contributed by atoms with van der Waals surface area (Å²) in [6.45, 7) is -0.0618. The van der Waals surface area contributed by atoms with E-state index >= 15 is 0 Å². The number of hydrogen-bond acceptors (Lipinski definition) is 4. The smallest absolute Gasteiger partial charge is 0.253 e. The normalized spacial score (nSPS) is 10.7. The summed E-state index contributed by atoms with van der Waals surface area (Å²) in [5.41, 5.74) is 0.412. The number of benzene rings is 2. The minimum atomic E-state index is -1.03. The highest BCUT2D eigenvalue weighted by atomic mass is 35.5. The SMILES string of the molecule is O=C(NCc1nnnn1-c1ccc(F)c(F)c1)c1cc(Cl)ccc1Cl. The molecule has 0 saturated heterocycles. The first-order valence-corrected chi connectivity index (χ1v) is 7.67. The molecule has 10 heteroatoms. The molecule has 0 aliphatic carbocycles. The Balaban J connectivity index is 1.78. The van der Waals surface area contributed by atoms with Crippen molar-refractivity contribution in [2.75, 3.05) is 0 Å². The van der Waals surface area contributed by atoms with E-state index in [0.717, 1.165) is 12.1 Å². The van der Waals surface area contributed by atoms with E-state index in [4.69, 9.17) is 23.2 Å². The van der Waals surface area contributed by atoms with Gasteiger partial charge >= 0.3 is 0 Å². The second kappa shape index (κ2) is 7.12. The number of halogens is 4. The third-order valence-corrected chi connectivity index (χ3v) is 3.83. The number of carbonyl (C=O) groups is 1. The van der Waals surface area contributed by atoms with Gasteiger partial charge in [0.1, 0.15) is 0 Å². The number of carbonyl (C=O) groups excluding carboxylic acids is 1. The lowest BCUT2D eigenvalue weighted by Gasteiger charge is -2.08. The Morgan fingerprint density at radius 1 is 1.12 bits per heavy atom. The van der Waals surface area contributed by atoms with Crippen molar-refractivity contribution >= 4 is 29.1 Å². The molecule has 1 amide bonds. The summed E-state index contributed by atoms with van der Waals surface area (Å²) in [5.74, 6) is -2.28. The molecule has 3 rings (SSSR count). The highest BCUT2D eigenvalue weighted by molar-refractivity contribution is 6.35. The summed E-state index contributed by atoms with van der Waals surface area (Å²) in [6.07, 6.45) is 0. The molecule has 0 aliphatic heterocycles. The van der Waals surface area contributed by atoms with Crippen molar-refractivity contribution in [3.8, 4) is 5.69 Å². The number of hydrogen-bond donors (Lipinski definition) is 1. The van der Waals surface area contributed by atoms with E-state index in [1.807, 2.05) is 0 Å². The van der Waals surface area contributed by atoms with Crippen LogP contribution in [0, 0.1) is 11.6 Å². The molecule has 0 unspecified atom stereocenters. The first kappa shape index (κ1) is 17.2. The van der Waals surface area contributed by atoms with Crippen LogP contribution >= 0.6 is 23.2 Å². The molecule has 1 N–H and O–H groups in total. The minimum Gasteiger partial charge on any atom is -0.345 e. The lowest BCUT2D eigenvalue weighted by Crippen LogP contribution is -2.25. The Labute approximate surface area is 150 Å². The maximum absolute atomic E-state index is 13.4. The standard InChI is InChI=1S/C15H9Cl2F2N5O/c16-8-1-3-11(17)10(5-8)15(25)20-7-14-21-22-23-24(14)9-2-4-12(18)13(19)6-9/h1-6H,7H2,(H,20,25). The van der Waals surface area contributed by atoms with E-state index in [9.17, 15) is 13.6 Å². The van der Waals surface area contributed by atoms with Crippen LogP contribution in [-0.2, 0) is 6.54 Å². The van der Waals surface area contributed by atoms with E-state index in [2.05, 4.69) is 20.8 Å². The van der Waals surface area contributed by atoms with Gasteiger partial charge in [0.05, 0.1) is 22.8 Å². The topological polar surface area (TPSA) is 72.7 Å². The Kier molecular flexibility index (Phi) is 4.91. The van der Waals surface area contributed by atoms with Crippen LogP contribution in [0.15, 0.2) is 36.4 Å². The third-order valence-electron chi connectivity index (χ3n) is 3.26. The molecular weight excluding hydrogens is 375 g/mol. The van der Waals surface area contributed by atoms with Crippen LogP contribution in [0.2, 0.25) is 10.0 Å². The van der Waals surface area contributed by atoms with Gasteiger partial charge in [-0.15, -0.1) is 5.10 Å². The fourth-order valence-electron chi connectivity index (χ4n) is 2.06. The quantitative estimate of drug-likeness (QED) is 0.750. The van der Waals surface area contributed by atoms with E-state index in [0.29, 0.717) is 5.02 Å². The van der Waals surface area contributed by atoms with Gasteiger partial charge < -0.3 is 5.32 Å². The first-order chi connectivity index (χ1) is 12.0. The Bertz CT molecular complexity index is 947. The van der Waals surface area contributed by atoms with Gasteiger partial charge in [0.2, 0.25) is 0 Å². The van der Waals surface area contributed by atoms with Crippen LogP contribution in [0.3, 0.4) is 0 Å². The molecular formula is C15H9Cl2F2N5O. The molecule has 1 aromatic heterocycles. The zero-order chi connectivity index (χ0) is 18.0. The maximum atomic E-state index is 13.4. The summed E-state index contributed by atoms with van der Waals surface area (Å²) in [5, 5.41) is 14.1. The van der Waals surface area contributed by atoms with Gasteiger partial charge in [-0.2, -0.15) is 4.68 Å². The summed E-state index contributed by atoms with van der Waals surface area (Å²) in [7, 11) is 0. The van der Waals surface area contributed by atoms with Crippen molar-refractivity contribution in [3.05, 3.63) is 69.5 Å². The molecule has 6 nitrogen and oxygen atoms in total. The number of tetrazole rings is 1. The Morgan fingerprint density at radius 2 is 1.92 bits per heavy atom. The van der Waals surface area contributed by atoms with Crippen molar-refractivity contribution in [2.24, 2.45) is 0 Å². The molecule has 25 heavy (non-hydrogen) atoms. The third kappa shape index (κ3) is 3.75. The molecule has 2 aromatic carbocycles. The van der Waals surface area contributed by atoms with E-state index < -0.39 is 17.5 Å². The molecule has 1 heterocycles. The number of nitrogens with zero attached hydrogens (tertiary/aromatic N) is 4. The van der Waals surface area contributed by atoms with E-state index in [1.165, 1.54) is 22.9 Å². The van der Waals surface area contributed by atoms with Crippen LogP contribution < -0.4 is 5.32 Å². The summed E-state index contributed by atoms with van der Waals surface area (Å²) < 4.78 is 27.6. The Hall–Kier alpha value is -2.58. The van der Waals surface area contributed by atoms with Gasteiger partial charge in [0, 0.05) is 11.1 Å². The molecule has 0 spiro atoms. The average molecular weight is 384 g/mol. The zero-order valence-corrected chi connectivity index (χ0v) is 13.9. The highest BCUT2D eigenvalue weighted by Gasteiger charge is 2.15. The fourth-order valence-corrected chi connectivity index (χ4v) is 2.43. The highest BCUT2D eigenvalue weighted by Crippen LogP contribution is 2.20. The van der Waals surface area contributed by atoms with Crippen LogP contribution in [-0.4, -0.2) is 26.1 Å². The lowest BCUT2D eigenvalue weighted by atomic mass is 10.2. The maximum Gasteiger partial charge on any atom is 0.253 e. The van der Waals surface area contributed by atoms with E-state index in [-0.39, 0.29) is 28.6 Å². The van der Waals surface area contributed by atoms with Crippen molar-refractivity contribution < 1.29 is 13.6 Å². The number of aromatic nitrogens is 4. The Morgan fingerprint density at radius 3 is 2.68 bits per heavy atom. The van der Waals surface area contributed by atoms with Gasteiger partial charge in [-0.3, -0.25) is 4.79 Å². The fraction of sp³-hybridized carbons (Fsp3) is 0.0667. The minimum absolute atomic E-state index is 0.0618. The van der Waals surface area contributed by atoms with Crippen molar-refractivity contribution in [1.29, 1.82) is 0 Å². The molecule has 128 valence electrons. The number of amides is 1. The molecule has 0 atom stereocenters. The van der Waals surface area contributed by atoms with Crippen molar-refractivity contribution in [3.63, 3.8) is 0 Å². The molecule has 0 bridgehead atoms. The summed E-state index contributed by atoms with van der Waals surface area (Å²) in [4.78, 5) is 12.2. The van der Waals surface area contributed by atoms with Crippen LogP contribution in [0.4, 0.5) is 8.78 Å². The van der Waals surface area contributed by atoms with Gasteiger partial charge in [-0.05, 0) is 40.8 Å². The predicted octanol–water partition coefficient (Wildman–Crippen LogP) is 3.18. The predicted molar refractivity (Wildman–Crippen MR) is 86.7 cm³/mol. The second-order valence-electron chi connectivity index (χ2n) is 4.91. The van der Waals surface area contributed by atoms with E-state index in [1.54, 1.807) is 6.07 Å². The van der Waals surface area contributed by atoms with Gasteiger partial charge in [-0.25, -0.2) is 8.78 Å². The molecule has 0 saturated carbocycles. The zero-order valence-electron chi connectivity index (χ0n) is 12.4. The average Bonchev–Trinajstić information content (AvgIpc) is 3.06. The molecule has 0 aliphatic rings. The summed E-state index contributed by atoms with van der Waals surface area (Å²) in [6, 6.07) is 7.71. The van der Waals surface area contributed by atoms with Crippen molar-refractivity contribution in [2.45, 2.75) is 6.54 Å². The number of rotatable bonds is 4. The van der Waals surface area contributed by atoms with Crippen LogP contribution in [0.1, 0.15) is 16.2 Å². The van der Waals surface area contributed by atoms with Gasteiger partial charge in [0.25, 0.3) is 5.91 Å². The monoisotopic (exact) mass is 383 g/mol. The molecule has 0 radical (unpaired) electrons. The molecule has 3 aromatic rings. The number of nitrogens with one attached hydrogen (secondary N) is 1. The summed E-state index contributed by atoms with van der Waals surface area (Å²) >= 11 is 11.8. The first-order valence-electron chi connectivity index (χ1n) is 6.91. The van der Waals surface area contributed by atoms with Gasteiger partial charge in [0.15, 0.2) is 17.5 Å². The lowest BCUT2D eigenvalue weighted by molar-refractivity contribution is 0.0949. The second-order valence-corrected chi connectivity index (χ2v) is 5.76. The largest absolute Gasteiger partial charge is 0.345 e.